The van der Waals surface area contributed by atoms with Crippen LogP contribution in [-0.2, 0) is 0 Å². The zero-order valence-electron chi connectivity index (χ0n) is 9.30. The van der Waals surface area contributed by atoms with E-state index in [1.165, 1.54) is 12.1 Å². The summed E-state index contributed by atoms with van der Waals surface area (Å²) in [6.45, 7) is 1.76. The van der Waals surface area contributed by atoms with Crippen molar-refractivity contribution in [2.45, 2.75) is 18.9 Å². The summed E-state index contributed by atoms with van der Waals surface area (Å²) in [4.78, 5) is 11.9. The van der Waals surface area contributed by atoms with Crippen LogP contribution in [0.4, 0.5) is 4.39 Å². The standard InChI is InChI=1S/C12H14ClFN2O/c13-11-6-8(14)3-4-10(11)12(17)16-9-2-1-5-15-7-9/h3-4,6,9,15H,1-2,5,7H2,(H,16,17)/t9-/m0/s1. The molecule has 0 unspecified atom stereocenters. The van der Waals surface area contributed by atoms with Gasteiger partial charge in [0.05, 0.1) is 10.6 Å². The van der Waals surface area contributed by atoms with E-state index < -0.39 is 5.82 Å². The number of amides is 1. The Hall–Kier alpha value is -1.13. The van der Waals surface area contributed by atoms with E-state index in [1.54, 1.807) is 0 Å². The maximum Gasteiger partial charge on any atom is 0.253 e. The zero-order valence-corrected chi connectivity index (χ0v) is 10.1. The minimum absolute atomic E-state index is 0.123. The first-order valence-electron chi connectivity index (χ1n) is 5.63. The van der Waals surface area contributed by atoms with Crippen LogP contribution >= 0.6 is 11.6 Å². The predicted molar refractivity (Wildman–Crippen MR) is 64.8 cm³/mol. The third kappa shape index (κ3) is 3.17. The third-order valence-corrected chi connectivity index (χ3v) is 3.12. The van der Waals surface area contributed by atoms with E-state index in [0.717, 1.165) is 32.0 Å². The molecule has 1 aromatic rings. The van der Waals surface area contributed by atoms with Crippen molar-refractivity contribution in [3.8, 4) is 0 Å². The average molecular weight is 257 g/mol. The van der Waals surface area contributed by atoms with Gasteiger partial charge in [0.2, 0.25) is 0 Å². The van der Waals surface area contributed by atoms with Gasteiger partial charge in [-0.15, -0.1) is 0 Å². The van der Waals surface area contributed by atoms with Gasteiger partial charge in [0.1, 0.15) is 5.82 Å². The lowest BCUT2D eigenvalue weighted by molar-refractivity contribution is 0.0931. The van der Waals surface area contributed by atoms with Crippen LogP contribution in [0.5, 0.6) is 0 Å². The Bertz CT molecular complexity index is 419. The summed E-state index contributed by atoms with van der Waals surface area (Å²) in [6.07, 6.45) is 2.00. The van der Waals surface area contributed by atoms with Gasteiger partial charge in [0.25, 0.3) is 5.91 Å². The molecule has 17 heavy (non-hydrogen) atoms. The monoisotopic (exact) mass is 256 g/mol. The van der Waals surface area contributed by atoms with Gasteiger partial charge in [-0.2, -0.15) is 0 Å². The highest BCUT2D eigenvalue weighted by Crippen LogP contribution is 2.17. The molecule has 0 saturated carbocycles. The van der Waals surface area contributed by atoms with E-state index in [2.05, 4.69) is 10.6 Å². The summed E-state index contributed by atoms with van der Waals surface area (Å²) in [7, 11) is 0. The van der Waals surface area contributed by atoms with Crippen LogP contribution in [0.1, 0.15) is 23.2 Å². The molecule has 1 amide bonds. The lowest BCUT2D eigenvalue weighted by Crippen LogP contribution is -2.45. The molecule has 0 aromatic heterocycles. The summed E-state index contributed by atoms with van der Waals surface area (Å²) < 4.78 is 12.8. The van der Waals surface area contributed by atoms with Crippen LogP contribution in [0.3, 0.4) is 0 Å². The Morgan fingerprint density at radius 1 is 1.53 bits per heavy atom. The SMILES string of the molecule is O=C(N[C@H]1CCCNC1)c1ccc(F)cc1Cl. The summed E-state index contributed by atoms with van der Waals surface area (Å²) in [5.74, 6) is -0.686. The van der Waals surface area contributed by atoms with Gasteiger partial charge in [0.15, 0.2) is 0 Å². The molecule has 1 aliphatic heterocycles. The number of nitrogens with one attached hydrogen (secondary N) is 2. The first-order valence-corrected chi connectivity index (χ1v) is 6.01. The van der Waals surface area contributed by atoms with E-state index in [1.807, 2.05) is 0 Å². The second kappa shape index (κ2) is 5.47. The normalized spacial score (nSPS) is 20.0. The number of halogens is 2. The van der Waals surface area contributed by atoms with Gasteiger partial charge in [-0.3, -0.25) is 4.79 Å². The lowest BCUT2D eigenvalue weighted by Gasteiger charge is -2.23. The van der Waals surface area contributed by atoms with Crippen LogP contribution in [0.2, 0.25) is 5.02 Å². The van der Waals surface area contributed by atoms with Crippen molar-refractivity contribution in [2.24, 2.45) is 0 Å². The summed E-state index contributed by atoms with van der Waals surface area (Å²) in [5.41, 5.74) is 0.318. The molecule has 1 aliphatic rings. The highest BCUT2D eigenvalue weighted by molar-refractivity contribution is 6.33. The minimum Gasteiger partial charge on any atom is -0.348 e. The molecular formula is C12H14ClFN2O. The fourth-order valence-electron chi connectivity index (χ4n) is 1.91. The lowest BCUT2D eigenvalue weighted by atomic mass is 10.1. The van der Waals surface area contributed by atoms with Crippen molar-refractivity contribution in [3.05, 3.63) is 34.6 Å². The van der Waals surface area contributed by atoms with E-state index in [0.29, 0.717) is 5.56 Å². The van der Waals surface area contributed by atoms with Gasteiger partial charge in [-0.05, 0) is 37.6 Å². The number of hydrogen-bond acceptors (Lipinski definition) is 2. The molecular weight excluding hydrogens is 243 g/mol. The van der Waals surface area contributed by atoms with Gasteiger partial charge < -0.3 is 10.6 Å². The maximum absolute atomic E-state index is 12.8. The van der Waals surface area contributed by atoms with Crippen molar-refractivity contribution in [1.29, 1.82) is 0 Å². The third-order valence-electron chi connectivity index (χ3n) is 2.81. The zero-order chi connectivity index (χ0) is 12.3. The van der Waals surface area contributed by atoms with Crippen molar-refractivity contribution in [3.63, 3.8) is 0 Å². The van der Waals surface area contributed by atoms with Gasteiger partial charge in [0, 0.05) is 12.6 Å². The largest absolute Gasteiger partial charge is 0.348 e. The van der Waals surface area contributed by atoms with Crippen molar-refractivity contribution in [2.75, 3.05) is 13.1 Å². The summed E-state index contributed by atoms with van der Waals surface area (Å²) >= 11 is 5.83. The molecule has 0 radical (unpaired) electrons. The summed E-state index contributed by atoms with van der Waals surface area (Å²) in [5, 5.41) is 6.24. The fourth-order valence-corrected chi connectivity index (χ4v) is 2.16. The van der Waals surface area contributed by atoms with E-state index in [9.17, 15) is 9.18 Å². The van der Waals surface area contributed by atoms with E-state index in [-0.39, 0.29) is 17.0 Å². The number of rotatable bonds is 2. The number of carbonyl (C=O) groups is 1. The van der Waals surface area contributed by atoms with Crippen LogP contribution < -0.4 is 10.6 Å². The molecule has 0 bridgehead atoms. The topological polar surface area (TPSA) is 41.1 Å². The molecule has 1 atom stereocenters. The molecule has 2 N–H and O–H groups in total. The van der Waals surface area contributed by atoms with Crippen molar-refractivity contribution >= 4 is 17.5 Å². The minimum atomic E-state index is -0.439. The first-order chi connectivity index (χ1) is 8.16. The van der Waals surface area contributed by atoms with E-state index >= 15 is 0 Å². The molecule has 3 nitrogen and oxygen atoms in total. The molecule has 1 aromatic carbocycles. The van der Waals surface area contributed by atoms with E-state index in [4.69, 9.17) is 11.6 Å². The smallest absolute Gasteiger partial charge is 0.253 e. The Kier molecular flexibility index (Phi) is 3.97. The number of hydrogen-bond donors (Lipinski definition) is 2. The Labute approximate surface area is 104 Å². The highest BCUT2D eigenvalue weighted by atomic mass is 35.5. The predicted octanol–water partition coefficient (Wildman–Crippen LogP) is 1.96. The molecule has 0 aliphatic carbocycles. The highest BCUT2D eigenvalue weighted by Gasteiger charge is 2.18. The molecule has 0 spiro atoms. The maximum atomic E-state index is 12.8. The van der Waals surface area contributed by atoms with Crippen LogP contribution in [0.25, 0.3) is 0 Å². The molecule has 1 fully saturated rings. The second-order valence-corrected chi connectivity index (χ2v) is 4.55. The van der Waals surface area contributed by atoms with Crippen LogP contribution in [-0.4, -0.2) is 25.0 Å². The average Bonchev–Trinajstić information content (AvgIpc) is 2.30. The van der Waals surface area contributed by atoms with Crippen LogP contribution in [0.15, 0.2) is 18.2 Å². The van der Waals surface area contributed by atoms with Gasteiger partial charge in [-0.1, -0.05) is 11.6 Å². The second-order valence-electron chi connectivity index (χ2n) is 4.14. The fraction of sp³-hybridized carbons (Fsp3) is 0.417. The molecule has 1 saturated heterocycles. The first kappa shape index (κ1) is 12.3. The molecule has 1 heterocycles. The Morgan fingerprint density at radius 3 is 3.00 bits per heavy atom. The molecule has 92 valence electrons. The van der Waals surface area contributed by atoms with Gasteiger partial charge in [-0.25, -0.2) is 4.39 Å². The number of carbonyl (C=O) groups excluding carboxylic acids is 1. The number of benzene rings is 1. The van der Waals surface area contributed by atoms with Crippen molar-refractivity contribution in [1.82, 2.24) is 10.6 Å². The van der Waals surface area contributed by atoms with Crippen LogP contribution in [0, 0.1) is 5.82 Å². The quantitative estimate of drug-likeness (QED) is 0.849. The summed E-state index contributed by atoms with van der Waals surface area (Å²) in [6, 6.07) is 3.91. The molecule has 2 rings (SSSR count). The van der Waals surface area contributed by atoms with Gasteiger partial charge >= 0.3 is 0 Å². The number of piperidine rings is 1. The molecule has 5 heteroatoms. The Morgan fingerprint density at radius 2 is 2.35 bits per heavy atom. The Balaban J connectivity index is 2.03. The van der Waals surface area contributed by atoms with Crippen molar-refractivity contribution < 1.29 is 9.18 Å².